The van der Waals surface area contributed by atoms with Gasteiger partial charge in [0.25, 0.3) is 5.91 Å². The summed E-state index contributed by atoms with van der Waals surface area (Å²) in [7, 11) is -4.09. The zero-order valence-corrected chi connectivity index (χ0v) is 23.1. The lowest BCUT2D eigenvalue weighted by Crippen LogP contribution is -2.64. The van der Waals surface area contributed by atoms with Gasteiger partial charge in [0.05, 0.1) is 6.61 Å². The van der Waals surface area contributed by atoms with Crippen molar-refractivity contribution in [3.05, 3.63) is 24.3 Å². The van der Waals surface area contributed by atoms with Crippen LogP contribution in [0.2, 0.25) is 0 Å². The molecule has 0 aromatic heterocycles. The van der Waals surface area contributed by atoms with E-state index in [-0.39, 0.29) is 45.1 Å². The summed E-state index contributed by atoms with van der Waals surface area (Å²) in [5, 5.41) is 9.48. The third kappa shape index (κ3) is 5.86. The molecule has 12 heteroatoms. The van der Waals surface area contributed by atoms with E-state index in [9.17, 15) is 23.2 Å². The highest BCUT2D eigenvalue weighted by atomic mass is 32.2. The largest absolute Gasteiger partial charge is 0.494 e. The van der Waals surface area contributed by atoms with E-state index in [1.807, 2.05) is 24.3 Å². The van der Waals surface area contributed by atoms with E-state index in [4.69, 9.17) is 4.74 Å². The molecule has 3 fully saturated rings. The Kier molecular flexibility index (Phi) is 9.37. The minimum Gasteiger partial charge on any atom is -0.494 e. The Labute approximate surface area is 225 Å². The van der Waals surface area contributed by atoms with Gasteiger partial charge in [-0.1, -0.05) is 13.3 Å². The van der Waals surface area contributed by atoms with Crippen molar-refractivity contribution in [3.8, 4) is 5.75 Å². The summed E-state index contributed by atoms with van der Waals surface area (Å²) in [4.78, 5) is 31.4. The van der Waals surface area contributed by atoms with Crippen molar-refractivity contribution >= 4 is 27.6 Å². The number of likely N-dealkylation sites (tertiary alicyclic amines) is 2. The number of amides is 3. The van der Waals surface area contributed by atoms with E-state index >= 15 is 0 Å². The van der Waals surface area contributed by atoms with Crippen molar-refractivity contribution in [2.75, 3.05) is 63.9 Å². The minimum atomic E-state index is -4.09. The maximum absolute atomic E-state index is 13.9. The molecule has 3 aliphatic heterocycles. The van der Waals surface area contributed by atoms with Crippen LogP contribution in [0.5, 0.6) is 5.75 Å². The van der Waals surface area contributed by atoms with Gasteiger partial charge in [0, 0.05) is 58.0 Å². The van der Waals surface area contributed by atoms with E-state index < -0.39 is 20.7 Å². The van der Waals surface area contributed by atoms with Gasteiger partial charge in [-0.05, 0) is 62.8 Å². The average molecular weight is 552 g/mol. The highest BCUT2D eigenvalue weighted by molar-refractivity contribution is 7.91. The average Bonchev–Trinajstić information content (AvgIpc) is 2.97. The number of unbranched alkanes of at least 4 members (excludes halogenated alkanes) is 1. The lowest BCUT2D eigenvalue weighted by atomic mass is 9.95. The van der Waals surface area contributed by atoms with Crippen LogP contribution in [0, 0.1) is 0 Å². The molecule has 3 amide bonds. The van der Waals surface area contributed by atoms with E-state index in [0.29, 0.717) is 32.8 Å². The highest BCUT2D eigenvalue weighted by Crippen LogP contribution is 2.35. The molecule has 1 aromatic rings. The molecule has 3 heterocycles. The molecular formula is C26H41N5O6S. The second-order valence-electron chi connectivity index (χ2n) is 10.3. The van der Waals surface area contributed by atoms with Crippen LogP contribution in [0.4, 0.5) is 10.5 Å². The summed E-state index contributed by atoms with van der Waals surface area (Å²) in [6.07, 6.45) is 5.00. The molecule has 3 aliphatic rings. The summed E-state index contributed by atoms with van der Waals surface area (Å²) in [5.41, 5.74) is 2.59. The van der Waals surface area contributed by atoms with Gasteiger partial charge in [-0.25, -0.2) is 18.7 Å². The highest BCUT2D eigenvalue weighted by Gasteiger charge is 2.55. The Morgan fingerprint density at radius 3 is 2.11 bits per heavy atom. The van der Waals surface area contributed by atoms with Crippen LogP contribution in [-0.4, -0.2) is 103 Å². The first-order valence-electron chi connectivity index (χ1n) is 13.8. The molecule has 1 aromatic carbocycles. The molecule has 0 aliphatic carbocycles. The number of hydrogen-bond acceptors (Lipinski definition) is 7. The van der Waals surface area contributed by atoms with Crippen molar-refractivity contribution in [2.45, 2.75) is 56.6 Å². The van der Waals surface area contributed by atoms with Crippen LogP contribution in [0.15, 0.2) is 24.3 Å². The number of carbonyl (C=O) groups excluding carboxylic acids is 2. The summed E-state index contributed by atoms with van der Waals surface area (Å²) >= 11 is 0. The van der Waals surface area contributed by atoms with Crippen molar-refractivity contribution in [1.29, 1.82) is 0 Å². The maximum Gasteiger partial charge on any atom is 0.319 e. The van der Waals surface area contributed by atoms with E-state index in [2.05, 4.69) is 11.8 Å². The van der Waals surface area contributed by atoms with E-state index in [1.54, 1.807) is 15.3 Å². The molecule has 0 atom stereocenters. The number of sulfonamides is 1. The summed E-state index contributed by atoms with van der Waals surface area (Å²) in [6, 6.07) is 7.69. The number of hydrogen-bond donors (Lipinski definition) is 2. The number of piperazine rings is 1. The third-order valence-electron chi connectivity index (χ3n) is 8.02. The topological polar surface area (TPSA) is 123 Å². The number of nitrogens with zero attached hydrogens (tertiary/aromatic N) is 4. The first kappa shape index (κ1) is 28.4. The number of benzene rings is 1. The smallest absolute Gasteiger partial charge is 0.319 e. The number of piperidine rings is 2. The number of anilines is 1. The first-order chi connectivity index (χ1) is 18.3. The molecule has 38 heavy (non-hydrogen) atoms. The van der Waals surface area contributed by atoms with Gasteiger partial charge in [-0.15, -0.1) is 0 Å². The molecule has 0 saturated carbocycles. The van der Waals surface area contributed by atoms with Crippen LogP contribution in [0.1, 0.15) is 51.9 Å². The monoisotopic (exact) mass is 551 g/mol. The maximum atomic E-state index is 13.9. The summed E-state index contributed by atoms with van der Waals surface area (Å²) in [6.45, 7) is 5.91. The van der Waals surface area contributed by atoms with Crippen molar-refractivity contribution in [3.63, 3.8) is 0 Å². The van der Waals surface area contributed by atoms with Crippen molar-refractivity contribution < 1.29 is 28.0 Å². The summed E-state index contributed by atoms with van der Waals surface area (Å²) in [5.74, 6) is -0.117. The number of urea groups is 1. The molecule has 2 N–H and O–H groups in total. The molecule has 3 saturated heterocycles. The SMILES string of the molecule is CCCCOc1ccc(N2CCN(S(=O)(=O)C3(C(=O)NO)CCN(C(=O)N4CCCCC4)CC3)CC2)cc1. The van der Waals surface area contributed by atoms with Crippen LogP contribution in [-0.2, 0) is 14.8 Å². The fourth-order valence-electron chi connectivity index (χ4n) is 5.57. The predicted molar refractivity (Wildman–Crippen MR) is 144 cm³/mol. The van der Waals surface area contributed by atoms with Gasteiger partial charge >= 0.3 is 6.03 Å². The van der Waals surface area contributed by atoms with E-state index in [0.717, 1.165) is 43.5 Å². The van der Waals surface area contributed by atoms with Gasteiger partial charge in [-0.2, -0.15) is 4.31 Å². The van der Waals surface area contributed by atoms with Gasteiger partial charge < -0.3 is 19.4 Å². The number of rotatable bonds is 8. The Hall–Kier alpha value is -2.57. The zero-order chi connectivity index (χ0) is 27.2. The van der Waals surface area contributed by atoms with Gasteiger partial charge in [0.1, 0.15) is 5.75 Å². The van der Waals surface area contributed by atoms with Gasteiger partial charge in [-0.3, -0.25) is 10.0 Å². The molecule has 212 valence electrons. The third-order valence-corrected chi connectivity index (χ3v) is 10.7. The van der Waals surface area contributed by atoms with Crippen LogP contribution in [0.25, 0.3) is 0 Å². The van der Waals surface area contributed by atoms with Crippen LogP contribution in [0.3, 0.4) is 0 Å². The first-order valence-corrected chi connectivity index (χ1v) is 15.2. The van der Waals surface area contributed by atoms with Crippen molar-refractivity contribution in [1.82, 2.24) is 19.6 Å². The quantitative estimate of drug-likeness (QED) is 0.289. The van der Waals surface area contributed by atoms with Crippen LogP contribution >= 0.6 is 0 Å². The Morgan fingerprint density at radius 2 is 1.53 bits per heavy atom. The van der Waals surface area contributed by atoms with Crippen molar-refractivity contribution in [2.24, 2.45) is 0 Å². The lowest BCUT2D eigenvalue weighted by Gasteiger charge is -2.44. The molecule has 0 unspecified atom stereocenters. The second kappa shape index (κ2) is 12.5. The normalized spacial score (nSPS) is 20.7. The van der Waals surface area contributed by atoms with E-state index in [1.165, 1.54) is 4.31 Å². The minimum absolute atomic E-state index is 0.0545. The molecule has 0 bridgehead atoms. The predicted octanol–water partition coefficient (Wildman–Crippen LogP) is 2.26. The molecule has 4 rings (SSSR count). The Balaban J connectivity index is 1.39. The number of carbonyl (C=O) groups is 2. The standard InChI is InChI=1S/C26H41N5O6S/c1-2-3-21-37-23-9-7-22(8-10-23)28-17-19-31(20-18-28)38(35,36)26(24(32)27-34)11-15-30(16-12-26)25(33)29-13-5-4-6-14-29/h7-10,34H,2-6,11-21H2,1H3,(H,27,32). The van der Waals surface area contributed by atoms with Gasteiger partial charge in [0.15, 0.2) is 4.75 Å². The Bertz CT molecular complexity index is 1040. The molecule has 0 spiro atoms. The van der Waals surface area contributed by atoms with Crippen LogP contribution < -0.4 is 15.1 Å². The van der Waals surface area contributed by atoms with Gasteiger partial charge in [0.2, 0.25) is 10.0 Å². The number of ether oxygens (including phenoxy) is 1. The molecule has 0 radical (unpaired) electrons. The summed E-state index contributed by atoms with van der Waals surface area (Å²) < 4.78 is 33.0. The number of hydroxylamine groups is 1. The zero-order valence-electron chi connectivity index (χ0n) is 22.3. The number of nitrogens with one attached hydrogen (secondary N) is 1. The Morgan fingerprint density at radius 1 is 0.921 bits per heavy atom. The molecule has 11 nitrogen and oxygen atoms in total. The lowest BCUT2D eigenvalue weighted by molar-refractivity contribution is -0.133. The molecular weight excluding hydrogens is 510 g/mol. The fourth-order valence-corrected chi connectivity index (χ4v) is 7.69. The fraction of sp³-hybridized carbons (Fsp3) is 0.692. The second-order valence-corrected chi connectivity index (χ2v) is 12.6.